The van der Waals surface area contributed by atoms with E-state index in [1.165, 1.54) is 12.8 Å². The van der Waals surface area contributed by atoms with Crippen LogP contribution in [0.4, 0.5) is 0 Å². The molecule has 4 rings (SSSR count). The normalized spacial score (nSPS) is 23.2. The first kappa shape index (κ1) is 22.4. The third-order valence-corrected chi connectivity index (χ3v) is 7.69. The van der Waals surface area contributed by atoms with Crippen molar-refractivity contribution in [3.63, 3.8) is 0 Å². The molecule has 1 aliphatic heterocycles. The number of thiophene rings is 1. The minimum Gasteiger partial charge on any atom is -0.342 e. The average molecular weight is 446 g/mol. The maximum absolute atomic E-state index is 12.7. The molecule has 0 spiro atoms. The van der Waals surface area contributed by atoms with Gasteiger partial charge in [0, 0.05) is 45.7 Å². The highest BCUT2D eigenvalue weighted by atomic mass is 32.1. The Morgan fingerprint density at radius 1 is 1.19 bits per heavy atom. The first-order valence-corrected chi connectivity index (χ1v) is 12.5. The SMILES string of the molecule is CC1CCC(N(C)C(=O)CN2CCN(CCCc3nc(-c4cccs4)no3)CC2)CC1. The summed E-state index contributed by atoms with van der Waals surface area (Å²) in [6.07, 6.45) is 6.63. The lowest BCUT2D eigenvalue weighted by molar-refractivity contribution is -0.134. The van der Waals surface area contributed by atoms with Crippen LogP contribution in [0.3, 0.4) is 0 Å². The summed E-state index contributed by atoms with van der Waals surface area (Å²) < 4.78 is 5.39. The van der Waals surface area contributed by atoms with Crippen LogP contribution in [0, 0.1) is 5.92 Å². The summed E-state index contributed by atoms with van der Waals surface area (Å²) in [4.78, 5) is 25.1. The number of aromatic nitrogens is 2. The van der Waals surface area contributed by atoms with Gasteiger partial charge in [0.2, 0.25) is 17.6 Å². The average Bonchev–Trinajstić information content (AvgIpc) is 3.47. The fourth-order valence-corrected chi connectivity index (χ4v) is 5.27. The van der Waals surface area contributed by atoms with E-state index in [2.05, 4.69) is 26.9 Å². The molecule has 1 saturated heterocycles. The summed E-state index contributed by atoms with van der Waals surface area (Å²) in [5.41, 5.74) is 0. The highest BCUT2D eigenvalue weighted by Gasteiger charge is 2.26. The Labute approximate surface area is 189 Å². The highest BCUT2D eigenvalue weighted by molar-refractivity contribution is 7.13. The van der Waals surface area contributed by atoms with E-state index in [1.807, 2.05) is 29.5 Å². The van der Waals surface area contributed by atoms with Crippen molar-refractivity contribution in [2.45, 2.75) is 51.5 Å². The van der Waals surface area contributed by atoms with Crippen LogP contribution in [-0.2, 0) is 11.2 Å². The minimum absolute atomic E-state index is 0.283. The molecule has 1 saturated carbocycles. The zero-order valence-corrected chi connectivity index (χ0v) is 19.6. The van der Waals surface area contributed by atoms with Crippen molar-refractivity contribution >= 4 is 17.2 Å². The zero-order valence-electron chi connectivity index (χ0n) is 18.8. The van der Waals surface area contributed by atoms with Gasteiger partial charge in [0.1, 0.15) is 0 Å². The topological polar surface area (TPSA) is 65.7 Å². The molecule has 170 valence electrons. The summed E-state index contributed by atoms with van der Waals surface area (Å²) in [5.74, 6) is 2.51. The van der Waals surface area contributed by atoms with Crippen LogP contribution in [-0.4, -0.2) is 83.1 Å². The van der Waals surface area contributed by atoms with Crippen LogP contribution < -0.4 is 0 Å². The molecule has 0 bridgehead atoms. The molecule has 2 aromatic heterocycles. The van der Waals surface area contributed by atoms with Gasteiger partial charge in [0.05, 0.1) is 11.4 Å². The largest absolute Gasteiger partial charge is 0.342 e. The van der Waals surface area contributed by atoms with Gasteiger partial charge in [0.25, 0.3) is 0 Å². The molecule has 2 aliphatic rings. The number of hydrogen-bond donors (Lipinski definition) is 0. The first-order chi connectivity index (χ1) is 15.1. The molecule has 2 fully saturated rings. The second kappa shape index (κ2) is 10.7. The van der Waals surface area contributed by atoms with E-state index in [1.54, 1.807) is 11.3 Å². The first-order valence-electron chi connectivity index (χ1n) is 11.7. The molecular formula is C23H35N5O2S. The second-order valence-corrected chi connectivity index (χ2v) is 10.1. The van der Waals surface area contributed by atoms with E-state index in [9.17, 15) is 4.79 Å². The van der Waals surface area contributed by atoms with Gasteiger partial charge in [-0.05, 0) is 56.0 Å². The van der Waals surface area contributed by atoms with Gasteiger partial charge in [-0.15, -0.1) is 11.3 Å². The van der Waals surface area contributed by atoms with E-state index in [0.29, 0.717) is 24.3 Å². The zero-order chi connectivity index (χ0) is 21.6. The molecule has 31 heavy (non-hydrogen) atoms. The van der Waals surface area contributed by atoms with Crippen molar-refractivity contribution in [1.29, 1.82) is 0 Å². The van der Waals surface area contributed by atoms with Crippen LogP contribution in [0.5, 0.6) is 0 Å². The Kier molecular flexibility index (Phi) is 7.74. The maximum atomic E-state index is 12.7. The van der Waals surface area contributed by atoms with Gasteiger partial charge in [0.15, 0.2) is 0 Å². The van der Waals surface area contributed by atoms with Crippen molar-refractivity contribution in [2.75, 3.05) is 46.3 Å². The molecule has 0 radical (unpaired) electrons. The van der Waals surface area contributed by atoms with Crippen LogP contribution in [0.25, 0.3) is 10.7 Å². The molecule has 1 aliphatic carbocycles. The Morgan fingerprint density at radius 2 is 1.94 bits per heavy atom. The van der Waals surface area contributed by atoms with Gasteiger partial charge in [-0.2, -0.15) is 4.98 Å². The fraction of sp³-hybridized carbons (Fsp3) is 0.696. The van der Waals surface area contributed by atoms with E-state index < -0.39 is 0 Å². The molecule has 3 heterocycles. The number of likely N-dealkylation sites (N-methyl/N-ethyl adjacent to an activating group) is 1. The molecule has 2 aromatic rings. The quantitative estimate of drug-likeness (QED) is 0.621. The van der Waals surface area contributed by atoms with E-state index in [4.69, 9.17) is 4.52 Å². The lowest BCUT2D eigenvalue weighted by Gasteiger charge is -2.37. The number of nitrogens with zero attached hydrogens (tertiary/aromatic N) is 5. The minimum atomic E-state index is 0.283. The summed E-state index contributed by atoms with van der Waals surface area (Å²) in [6, 6.07) is 4.45. The van der Waals surface area contributed by atoms with E-state index in [-0.39, 0.29) is 5.91 Å². The van der Waals surface area contributed by atoms with Crippen LogP contribution in [0.15, 0.2) is 22.0 Å². The van der Waals surface area contributed by atoms with Crippen molar-refractivity contribution in [1.82, 2.24) is 24.8 Å². The third-order valence-electron chi connectivity index (χ3n) is 6.82. The number of amides is 1. The summed E-state index contributed by atoms with van der Waals surface area (Å²) in [7, 11) is 2.00. The predicted molar refractivity (Wildman–Crippen MR) is 123 cm³/mol. The Bertz CT molecular complexity index is 808. The van der Waals surface area contributed by atoms with Crippen molar-refractivity contribution in [2.24, 2.45) is 5.92 Å². The standard InChI is InChI=1S/C23H35N5O2S/c1-18-7-9-19(10-8-18)26(2)22(29)17-28-14-12-27(13-15-28)11-3-6-21-24-23(25-30-21)20-5-4-16-31-20/h4-5,16,18-19H,3,6-15,17H2,1-2H3. The second-order valence-electron chi connectivity index (χ2n) is 9.13. The molecule has 8 heteroatoms. The van der Waals surface area contributed by atoms with Crippen LogP contribution >= 0.6 is 11.3 Å². The van der Waals surface area contributed by atoms with E-state index >= 15 is 0 Å². The Morgan fingerprint density at radius 3 is 2.65 bits per heavy atom. The lowest BCUT2D eigenvalue weighted by Crippen LogP contribution is -2.51. The van der Waals surface area contributed by atoms with Crippen molar-refractivity contribution in [3.8, 4) is 10.7 Å². The molecule has 0 N–H and O–H groups in total. The van der Waals surface area contributed by atoms with Crippen molar-refractivity contribution in [3.05, 3.63) is 23.4 Å². The summed E-state index contributed by atoms with van der Waals surface area (Å²) in [6.45, 7) is 7.86. The van der Waals surface area contributed by atoms with E-state index in [0.717, 1.165) is 69.2 Å². The molecule has 7 nitrogen and oxygen atoms in total. The van der Waals surface area contributed by atoms with Crippen molar-refractivity contribution < 1.29 is 9.32 Å². The van der Waals surface area contributed by atoms with Crippen LogP contribution in [0.2, 0.25) is 0 Å². The molecule has 1 amide bonds. The fourth-order valence-electron chi connectivity index (χ4n) is 4.62. The summed E-state index contributed by atoms with van der Waals surface area (Å²) in [5, 5.41) is 6.10. The van der Waals surface area contributed by atoms with Gasteiger partial charge in [-0.1, -0.05) is 18.1 Å². The molecular weight excluding hydrogens is 410 g/mol. The lowest BCUT2D eigenvalue weighted by atomic mass is 9.87. The van der Waals surface area contributed by atoms with Crippen LogP contribution in [0.1, 0.15) is 44.9 Å². The van der Waals surface area contributed by atoms with Gasteiger partial charge >= 0.3 is 0 Å². The number of piperazine rings is 1. The monoisotopic (exact) mass is 445 g/mol. The Balaban J connectivity index is 1.13. The summed E-state index contributed by atoms with van der Waals surface area (Å²) >= 11 is 1.62. The third kappa shape index (κ3) is 6.14. The highest BCUT2D eigenvalue weighted by Crippen LogP contribution is 2.26. The molecule has 0 unspecified atom stereocenters. The number of carbonyl (C=O) groups is 1. The van der Waals surface area contributed by atoms with Gasteiger partial charge < -0.3 is 14.3 Å². The number of carbonyl (C=O) groups excluding carboxylic acids is 1. The van der Waals surface area contributed by atoms with Gasteiger partial charge in [-0.3, -0.25) is 9.69 Å². The molecule has 0 atom stereocenters. The number of aryl methyl sites for hydroxylation is 1. The van der Waals surface area contributed by atoms with Gasteiger partial charge in [-0.25, -0.2) is 0 Å². The number of rotatable bonds is 8. The number of hydrogen-bond acceptors (Lipinski definition) is 7. The maximum Gasteiger partial charge on any atom is 0.236 e. The molecule has 0 aromatic carbocycles. The predicted octanol–water partition coefficient (Wildman–Crippen LogP) is 3.39. The smallest absolute Gasteiger partial charge is 0.236 e. The Hall–Kier alpha value is -1.77.